The van der Waals surface area contributed by atoms with Crippen LogP contribution in [0.3, 0.4) is 0 Å². The molecule has 4 heterocycles. The maximum Gasteiger partial charge on any atom is 0.262 e. The van der Waals surface area contributed by atoms with Crippen LogP contribution in [0.25, 0.3) is 5.65 Å². The molecule has 4 aromatic rings. The van der Waals surface area contributed by atoms with Gasteiger partial charge in [-0.25, -0.2) is 25.3 Å². The van der Waals surface area contributed by atoms with Crippen molar-refractivity contribution in [2.75, 3.05) is 18.1 Å². The zero-order chi connectivity index (χ0) is 27.6. The molecule has 0 spiro atoms. The Morgan fingerprint density at radius 2 is 1.82 bits per heavy atom. The smallest absolute Gasteiger partial charge is 0.262 e. The van der Waals surface area contributed by atoms with Crippen LogP contribution in [0.2, 0.25) is 0 Å². The van der Waals surface area contributed by atoms with Crippen molar-refractivity contribution in [1.82, 2.24) is 29.8 Å². The number of hydrogen-bond donors (Lipinski definition) is 2. The number of hydrogen-bond acceptors (Lipinski definition) is 7. The number of nitrogens with zero attached hydrogens (tertiary/aromatic N) is 6. The largest absolute Gasteiger partial charge is 0.307 e. The van der Waals surface area contributed by atoms with Gasteiger partial charge in [-0.1, -0.05) is 36.9 Å². The van der Waals surface area contributed by atoms with Crippen molar-refractivity contribution in [3.63, 3.8) is 0 Å². The van der Waals surface area contributed by atoms with Crippen molar-refractivity contribution in [3.8, 4) is 0 Å². The first-order valence-electron chi connectivity index (χ1n) is 13.7. The van der Waals surface area contributed by atoms with E-state index in [-0.39, 0.29) is 5.91 Å². The Labute approximate surface area is 234 Å². The number of allylic oxidation sites excluding steroid dienone is 2. The van der Waals surface area contributed by atoms with Crippen molar-refractivity contribution in [2.24, 2.45) is 11.8 Å². The number of pyridine rings is 1. The van der Waals surface area contributed by atoms with E-state index in [4.69, 9.17) is 5.84 Å². The lowest BCUT2D eigenvalue weighted by atomic mass is 9.89. The van der Waals surface area contributed by atoms with Crippen molar-refractivity contribution in [2.45, 2.75) is 38.6 Å². The summed E-state index contributed by atoms with van der Waals surface area (Å²) >= 11 is 0. The number of carbonyl (C=O) groups is 1. The van der Waals surface area contributed by atoms with Crippen LogP contribution >= 0.6 is 0 Å². The van der Waals surface area contributed by atoms with Crippen LogP contribution < -0.4 is 16.2 Å². The fraction of sp³-hybridized carbons (Fsp3) is 0.290. The summed E-state index contributed by atoms with van der Waals surface area (Å²) in [6.45, 7) is 8.42. The van der Waals surface area contributed by atoms with Gasteiger partial charge < -0.3 is 5.32 Å². The Balaban J connectivity index is 1.18. The molecule has 40 heavy (non-hydrogen) atoms. The van der Waals surface area contributed by atoms with Gasteiger partial charge in [0.1, 0.15) is 17.2 Å². The summed E-state index contributed by atoms with van der Waals surface area (Å²) < 4.78 is 1.57. The Morgan fingerprint density at radius 3 is 2.52 bits per heavy atom. The maximum atomic E-state index is 13.4. The number of carbonyl (C=O) groups excluding carboxylic acids is 1. The van der Waals surface area contributed by atoms with Crippen LogP contribution in [0.5, 0.6) is 0 Å². The molecule has 0 radical (unpaired) electrons. The quantitative estimate of drug-likeness (QED) is 0.211. The Morgan fingerprint density at radius 1 is 1.07 bits per heavy atom. The van der Waals surface area contributed by atoms with Crippen molar-refractivity contribution >= 4 is 17.4 Å². The van der Waals surface area contributed by atoms with Crippen molar-refractivity contribution < 1.29 is 4.79 Å². The molecule has 1 saturated heterocycles. The summed E-state index contributed by atoms with van der Waals surface area (Å²) in [7, 11) is 0. The number of nitrogens with one attached hydrogen (secondary N) is 1. The summed E-state index contributed by atoms with van der Waals surface area (Å²) in [5.74, 6) is 7.38. The number of amides is 1. The number of aromatic nitrogens is 4. The van der Waals surface area contributed by atoms with Crippen molar-refractivity contribution in [3.05, 3.63) is 114 Å². The summed E-state index contributed by atoms with van der Waals surface area (Å²) in [6.07, 6.45) is 12.8. The lowest BCUT2D eigenvalue weighted by Gasteiger charge is -2.36. The number of rotatable bonds is 7. The molecule has 0 atom stereocenters. The van der Waals surface area contributed by atoms with Gasteiger partial charge in [0.25, 0.3) is 5.91 Å². The zero-order valence-electron chi connectivity index (χ0n) is 22.7. The molecule has 204 valence electrons. The number of fused-ring (bicyclic) bond motifs is 2. The number of nitrogens with two attached hydrogens (primary N) is 1. The van der Waals surface area contributed by atoms with Crippen LogP contribution in [0.4, 0.5) is 5.82 Å². The van der Waals surface area contributed by atoms with Gasteiger partial charge >= 0.3 is 0 Å². The number of piperidine rings is 1. The molecule has 0 saturated carbocycles. The Bertz CT molecular complexity index is 1540. The maximum absolute atomic E-state index is 13.4. The highest BCUT2D eigenvalue weighted by Gasteiger charge is 2.30. The molecule has 1 aromatic carbocycles. The molecule has 0 bridgehead atoms. The molecule has 1 aliphatic heterocycles. The topological polar surface area (TPSA) is 105 Å². The van der Waals surface area contributed by atoms with Gasteiger partial charge in [-0.2, -0.15) is 5.10 Å². The van der Waals surface area contributed by atoms with E-state index in [0.29, 0.717) is 34.8 Å². The minimum atomic E-state index is -0.356. The molecule has 0 unspecified atom stereocenters. The molecule has 6 rings (SSSR count). The minimum Gasteiger partial charge on any atom is -0.307 e. The second kappa shape index (κ2) is 11.0. The van der Waals surface area contributed by atoms with Crippen molar-refractivity contribution in [1.29, 1.82) is 0 Å². The highest BCUT2D eigenvalue weighted by molar-refractivity contribution is 6.00. The van der Waals surface area contributed by atoms with Gasteiger partial charge in [0.15, 0.2) is 5.65 Å². The summed E-state index contributed by atoms with van der Waals surface area (Å²) in [4.78, 5) is 24.8. The summed E-state index contributed by atoms with van der Waals surface area (Å²) in [6, 6.07) is 14.9. The second-order valence-electron chi connectivity index (χ2n) is 10.7. The van der Waals surface area contributed by atoms with Gasteiger partial charge in [-0.3, -0.25) is 9.69 Å². The van der Waals surface area contributed by atoms with Gasteiger partial charge in [0, 0.05) is 24.6 Å². The molecule has 9 heteroatoms. The van der Waals surface area contributed by atoms with Crippen LogP contribution in [0.1, 0.15) is 39.9 Å². The zero-order valence-corrected chi connectivity index (χ0v) is 22.7. The van der Waals surface area contributed by atoms with E-state index in [2.05, 4.69) is 56.1 Å². The van der Waals surface area contributed by atoms with Crippen LogP contribution in [0, 0.1) is 12.8 Å². The standard InChI is InChI=1S/C31H34N8O/c1-21-8-9-28(34-19-21)39(32)29(36-31(40)27-20-35-38-13-5-12-33-30(27)38)16-22(2)23-10-14-37(15-11-23)26-17-24-6-3-4-7-25(24)18-26/h3-9,12-13,16,19-20,23,26H,2,10-11,14-15,17-18,32H2,1H3,(H,36,40)/b29-16-. The lowest BCUT2D eigenvalue weighted by Crippen LogP contribution is -2.42. The van der Waals surface area contributed by atoms with E-state index >= 15 is 0 Å². The van der Waals surface area contributed by atoms with E-state index in [0.717, 1.165) is 49.9 Å². The highest BCUT2D eigenvalue weighted by Crippen LogP contribution is 2.31. The van der Waals surface area contributed by atoms with E-state index in [1.807, 2.05) is 25.1 Å². The average Bonchev–Trinajstić information content (AvgIpc) is 3.62. The SMILES string of the molecule is C=C(/C=C(/NC(=O)c1cnn2cccnc12)N(N)c1ccc(C)cn1)C1CCN(C2Cc3ccccc3C2)CC1. The number of aryl methyl sites for hydroxylation is 1. The first-order valence-corrected chi connectivity index (χ1v) is 13.7. The summed E-state index contributed by atoms with van der Waals surface area (Å²) in [5.41, 5.74) is 5.74. The van der Waals surface area contributed by atoms with E-state index in [1.54, 1.807) is 29.2 Å². The van der Waals surface area contributed by atoms with E-state index < -0.39 is 0 Å². The van der Waals surface area contributed by atoms with Gasteiger partial charge in [0.2, 0.25) is 0 Å². The van der Waals surface area contributed by atoms with Gasteiger partial charge in [-0.05, 0) is 92.1 Å². The minimum absolute atomic E-state index is 0.296. The fourth-order valence-electron chi connectivity index (χ4n) is 5.79. The number of hydrazine groups is 1. The third-order valence-electron chi connectivity index (χ3n) is 8.09. The molecule has 3 aromatic heterocycles. The normalized spacial score (nSPS) is 16.7. The predicted molar refractivity (Wildman–Crippen MR) is 155 cm³/mol. The molecule has 9 nitrogen and oxygen atoms in total. The average molecular weight is 535 g/mol. The van der Waals surface area contributed by atoms with Crippen LogP contribution in [-0.2, 0) is 12.8 Å². The fourth-order valence-corrected chi connectivity index (χ4v) is 5.79. The molecule has 1 aliphatic carbocycles. The molecule has 1 fully saturated rings. The number of likely N-dealkylation sites (tertiary alicyclic amines) is 1. The first-order chi connectivity index (χ1) is 19.5. The molecular weight excluding hydrogens is 500 g/mol. The third kappa shape index (κ3) is 5.25. The Hall–Kier alpha value is -4.34. The monoisotopic (exact) mass is 534 g/mol. The molecule has 1 amide bonds. The van der Waals surface area contributed by atoms with Gasteiger partial charge in [-0.15, -0.1) is 0 Å². The van der Waals surface area contributed by atoms with E-state index in [9.17, 15) is 4.79 Å². The highest BCUT2D eigenvalue weighted by atomic mass is 16.2. The molecule has 3 N–H and O–H groups in total. The van der Waals surface area contributed by atoms with E-state index in [1.165, 1.54) is 22.3 Å². The number of anilines is 1. The second-order valence-corrected chi connectivity index (χ2v) is 10.7. The Kier molecular flexibility index (Phi) is 7.15. The first kappa shape index (κ1) is 25.9. The molecular formula is C31H34N8O. The molecule has 2 aliphatic rings. The van der Waals surface area contributed by atoms with Crippen LogP contribution in [0.15, 0.2) is 91.3 Å². The van der Waals surface area contributed by atoms with Gasteiger partial charge in [0.05, 0.1) is 6.20 Å². The predicted octanol–water partition coefficient (Wildman–Crippen LogP) is 3.82. The number of benzene rings is 1. The third-order valence-corrected chi connectivity index (χ3v) is 8.09. The summed E-state index contributed by atoms with van der Waals surface area (Å²) in [5, 5.41) is 8.61. The lowest BCUT2D eigenvalue weighted by molar-refractivity contribution is 0.0966. The van der Waals surface area contributed by atoms with Crippen LogP contribution in [-0.4, -0.2) is 49.5 Å².